The molecule has 1 saturated heterocycles. The van der Waals surface area contributed by atoms with Gasteiger partial charge in [-0.3, -0.25) is 14.5 Å². The van der Waals surface area contributed by atoms with E-state index in [9.17, 15) is 14.0 Å². The van der Waals surface area contributed by atoms with Crippen LogP contribution in [0.25, 0.3) is 6.08 Å². The lowest BCUT2D eigenvalue weighted by Gasteiger charge is -2.13. The highest BCUT2D eigenvalue weighted by atomic mass is 32.2. The zero-order chi connectivity index (χ0) is 22.5. The van der Waals surface area contributed by atoms with Crippen LogP contribution in [0.2, 0.25) is 0 Å². The van der Waals surface area contributed by atoms with Crippen LogP contribution in [-0.4, -0.2) is 23.2 Å². The van der Waals surface area contributed by atoms with Gasteiger partial charge in [0.05, 0.1) is 18.6 Å². The number of imide groups is 1. The summed E-state index contributed by atoms with van der Waals surface area (Å²) in [6.07, 6.45) is 1.63. The number of hydrogen-bond acceptors (Lipinski definition) is 5. The zero-order valence-corrected chi connectivity index (χ0v) is 18.1. The summed E-state index contributed by atoms with van der Waals surface area (Å²) >= 11 is 0.832. The molecule has 162 valence electrons. The molecule has 1 heterocycles. The smallest absolute Gasteiger partial charge is 0.293 e. The van der Waals surface area contributed by atoms with Gasteiger partial charge >= 0.3 is 0 Å². The number of nitrogens with zero attached hydrogens (tertiary/aromatic N) is 1. The molecule has 1 fully saturated rings. The number of carbonyl (C=O) groups excluding carboxylic acids is 2. The molecule has 0 saturated carbocycles. The Hall–Kier alpha value is -3.58. The molecule has 0 radical (unpaired) electrons. The molecule has 32 heavy (non-hydrogen) atoms. The number of hydrogen-bond donors (Lipinski definition) is 0. The molecule has 3 aromatic rings. The van der Waals surface area contributed by atoms with E-state index >= 15 is 0 Å². The van der Waals surface area contributed by atoms with Crippen LogP contribution in [-0.2, 0) is 17.9 Å². The second kappa shape index (κ2) is 9.70. The lowest BCUT2D eigenvalue weighted by Crippen LogP contribution is -2.27. The Kier molecular flexibility index (Phi) is 6.56. The number of rotatable bonds is 7. The largest absolute Gasteiger partial charge is 0.493 e. The molecule has 7 heteroatoms. The molecule has 1 aliphatic rings. The van der Waals surface area contributed by atoms with Crippen LogP contribution in [0.4, 0.5) is 9.18 Å². The van der Waals surface area contributed by atoms with Gasteiger partial charge in [-0.05, 0) is 47.2 Å². The van der Waals surface area contributed by atoms with E-state index < -0.39 is 17.0 Å². The molecular weight excluding hydrogens is 429 g/mol. The number of carbonyl (C=O) groups is 2. The molecule has 0 N–H and O–H groups in total. The van der Waals surface area contributed by atoms with Crippen molar-refractivity contribution in [1.29, 1.82) is 0 Å². The van der Waals surface area contributed by atoms with Crippen LogP contribution in [0.3, 0.4) is 0 Å². The second-order valence-corrected chi connectivity index (χ2v) is 8.04. The maximum atomic E-state index is 14.0. The molecule has 0 spiro atoms. The highest BCUT2D eigenvalue weighted by Crippen LogP contribution is 2.35. The maximum absolute atomic E-state index is 14.0. The maximum Gasteiger partial charge on any atom is 0.293 e. The zero-order valence-electron chi connectivity index (χ0n) is 17.3. The molecule has 0 bridgehead atoms. The predicted molar refractivity (Wildman–Crippen MR) is 122 cm³/mol. The van der Waals surface area contributed by atoms with Gasteiger partial charge in [0.25, 0.3) is 11.1 Å². The lowest BCUT2D eigenvalue weighted by atomic mass is 10.1. The number of halogens is 1. The number of thioether (sulfide) groups is 1. The van der Waals surface area contributed by atoms with Gasteiger partial charge in [-0.1, -0.05) is 54.6 Å². The Bertz CT molecular complexity index is 1180. The van der Waals surface area contributed by atoms with E-state index in [1.165, 1.54) is 6.07 Å². The third-order valence-electron chi connectivity index (χ3n) is 4.88. The van der Waals surface area contributed by atoms with Crippen molar-refractivity contribution in [3.63, 3.8) is 0 Å². The van der Waals surface area contributed by atoms with E-state index in [0.29, 0.717) is 23.7 Å². The molecule has 3 aromatic carbocycles. The fraction of sp³-hybridized carbons (Fsp3) is 0.120. The molecule has 0 unspecified atom stereocenters. The normalized spacial score (nSPS) is 14.8. The van der Waals surface area contributed by atoms with Crippen molar-refractivity contribution >= 4 is 29.0 Å². The minimum absolute atomic E-state index is 0.108. The summed E-state index contributed by atoms with van der Waals surface area (Å²) < 4.78 is 25.2. The van der Waals surface area contributed by atoms with Crippen molar-refractivity contribution in [2.24, 2.45) is 0 Å². The van der Waals surface area contributed by atoms with Gasteiger partial charge < -0.3 is 9.47 Å². The van der Waals surface area contributed by atoms with Crippen LogP contribution >= 0.6 is 11.8 Å². The Labute approximate surface area is 189 Å². The quantitative estimate of drug-likeness (QED) is 0.436. The number of amides is 2. The van der Waals surface area contributed by atoms with E-state index in [1.54, 1.807) is 49.6 Å². The predicted octanol–water partition coefficient (Wildman–Crippen LogP) is 5.65. The number of ether oxygens (including phenoxy) is 2. The van der Waals surface area contributed by atoms with Crippen LogP contribution in [0, 0.1) is 5.82 Å². The molecule has 0 aliphatic carbocycles. The van der Waals surface area contributed by atoms with Crippen molar-refractivity contribution in [2.45, 2.75) is 13.2 Å². The van der Waals surface area contributed by atoms with E-state index in [-0.39, 0.29) is 17.0 Å². The van der Waals surface area contributed by atoms with Crippen molar-refractivity contribution in [2.75, 3.05) is 7.11 Å². The average Bonchev–Trinajstić information content (AvgIpc) is 3.07. The Morgan fingerprint density at radius 2 is 1.72 bits per heavy atom. The van der Waals surface area contributed by atoms with Crippen molar-refractivity contribution in [3.05, 3.63) is 100 Å². The highest BCUT2D eigenvalue weighted by Gasteiger charge is 2.35. The summed E-state index contributed by atoms with van der Waals surface area (Å²) in [7, 11) is 1.55. The van der Waals surface area contributed by atoms with Gasteiger partial charge in [0.15, 0.2) is 11.5 Å². The van der Waals surface area contributed by atoms with Crippen LogP contribution in [0.15, 0.2) is 77.7 Å². The molecular formula is C25H20FNO4S. The molecule has 0 aromatic heterocycles. The molecule has 4 rings (SSSR count). The van der Waals surface area contributed by atoms with Gasteiger partial charge in [-0.25, -0.2) is 4.39 Å². The SMILES string of the molecule is COc1ccc(/C=C2\SC(=O)N(Cc3ccccc3F)C2=O)cc1OCc1ccccc1. The summed E-state index contributed by atoms with van der Waals surface area (Å²) in [5, 5.41) is -0.432. The van der Waals surface area contributed by atoms with E-state index in [0.717, 1.165) is 22.2 Å². The fourth-order valence-electron chi connectivity index (χ4n) is 3.22. The summed E-state index contributed by atoms with van der Waals surface area (Å²) in [4.78, 5) is 26.5. The van der Waals surface area contributed by atoms with Gasteiger partial charge in [-0.15, -0.1) is 0 Å². The first kappa shape index (κ1) is 21.6. The fourth-order valence-corrected chi connectivity index (χ4v) is 4.05. The monoisotopic (exact) mass is 449 g/mol. The van der Waals surface area contributed by atoms with Gasteiger partial charge in [-0.2, -0.15) is 0 Å². The van der Waals surface area contributed by atoms with Crippen LogP contribution in [0.5, 0.6) is 11.5 Å². The first-order valence-corrected chi connectivity index (χ1v) is 10.7. The summed E-state index contributed by atoms with van der Waals surface area (Å²) in [5.74, 6) is 0.179. The second-order valence-electron chi connectivity index (χ2n) is 7.04. The summed E-state index contributed by atoms with van der Waals surface area (Å²) in [6, 6.07) is 21.1. The lowest BCUT2D eigenvalue weighted by molar-refractivity contribution is -0.123. The standard InChI is InChI=1S/C25H20FNO4S/c1-30-21-12-11-18(13-22(21)31-16-17-7-3-2-4-8-17)14-23-24(28)27(25(29)32-23)15-19-9-5-6-10-20(19)26/h2-14H,15-16H2,1H3/b23-14-. The van der Waals surface area contributed by atoms with Crippen LogP contribution in [0.1, 0.15) is 16.7 Å². The average molecular weight is 450 g/mol. The van der Waals surface area contributed by atoms with Crippen LogP contribution < -0.4 is 9.47 Å². The van der Waals surface area contributed by atoms with Gasteiger partial charge in [0.1, 0.15) is 12.4 Å². The van der Waals surface area contributed by atoms with Gasteiger partial charge in [0.2, 0.25) is 0 Å². The van der Waals surface area contributed by atoms with E-state index in [4.69, 9.17) is 9.47 Å². The van der Waals surface area contributed by atoms with E-state index in [1.807, 2.05) is 30.3 Å². The Balaban J connectivity index is 1.53. The topological polar surface area (TPSA) is 55.8 Å². The summed E-state index contributed by atoms with van der Waals surface area (Å²) in [5.41, 5.74) is 1.98. The minimum atomic E-state index is -0.453. The van der Waals surface area contributed by atoms with Gasteiger partial charge in [0, 0.05) is 5.56 Å². The minimum Gasteiger partial charge on any atom is -0.493 e. The highest BCUT2D eigenvalue weighted by molar-refractivity contribution is 8.18. The third-order valence-corrected chi connectivity index (χ3v) is 5.79. The number of benzene rings is 3. The molecule has 2 amide bonds. The van der Waals surface area contributed by atoms with Crippen molar-refractivity contribution in [3.8, 4) is 11.5 Å². The molecule has 0 atom stereocenters. The number of methoxy groups -OCH3 is 1. The first-order valence-electron chi connectivity index (χ1n) is 9.88. The Morgan fingerprint density at radius 1 is 0.969 bits per heavy atom. The van der Waals surface area contributed by atoms with Crippen molar-refractivity contribution in [1.82, 2.24) is 4.90 Å². The van der Waals surface area contributed by atoms with E-state index in [2.05, 4.69) is 0 Å². The first-order chi connectivity index (χ1) is 15.5. The van der Waals surface area contributed by atoms with Crippen molar-refractivity contribution < 1.29 is 23.5 Å². The third kappa shape index (κ3) is 4.84. The summed E-state index contributed by atoms with van der Waals surface area (Å²) in [6.45, 7) is 0.253. The Morgan fingerprint density at radius 3 is 2.47 bits per heavy atom. The molecule has 1 aliphatic heterocycles. The molecule has 5 nitrogen and oxygen atoms in total.